The zero-order chi connectivity index (χ0) is 14.8. The molecule has 0 saturated carbocycles. The van der Waals surface area contributed by atoms with Gasteiger partial charge in [-0.15, -0.1) is 11.3 Å². The monoisotopic (exact) mass is 296 g/mol. The van der Waals surface area contributed by atoms with Crippen LogP contribution in [0.4, 0.5) is 0 Å². The molecular weight excluding hydrogens is 264 g/mol. The number of nitrogens with one attached hydrogen (secondary N) is 1. The van der Waals surface area contributed by atoms with Crippen LogP contribution in [-0.4, -0.2) is 11.5 Å². The fraction of sp³-hybridized carbons (Fsp3) is 0.824. The molecule has 3 heteroatoms. The molecule has 1 atom stereocenters. The molecule has 0 amide bonds. The summed E-state index contributed by atoms with van der Waals surface area (Å²) in [6, 6.07) is 0.466. The van der Waals surface area contributed by atoms with Crippen LogP contribution < -0.4 is 5.32 Å². The Kier molecular flexibility index (Phi) is 9.12. The first-order chi connectivity index (χ1) is 9.69. The molecule has 0 saturated heterocycles. The lowest BCUT2D eigenvalue weighted by Crippen LogP contribution is -2.20. The van der Waals surface area contributed by atoms with Gasteiger partial charge in [0.05, 0.1) is 11.7 Å². The van der Waals surface area contributed by atoms with E-state index in [4.69, 9.17) is 4.98 Å². The molecular formula is C17H32N2S. The van der Waals surface area contributed by atoms with Crippen molar-refractivity contribution >= 4 is 11.3 Å². The quantitative estimate of drug-likeness (QED) is 0.541. The molecule has 0 aliphatic rings. The minimum Gasteiger partial charge on any atom is -0.308 e. The van der Waals surface area contributed by atoms with Crippen molar-refractivity contribution in [2.75, 3.05) is 6.54 Å². The highest BCUT2D eigenvalue weighted by Crippen LogP contribution is 2.26. The molecule has 1 N–H and O–H groups in total. The summed E-state index contributed by atoms with van der Waals surface area (Å²) in [5.41, 5.74) is 1.20. The first-order valence-corrected chi connectivity index (χ1v) is 9.18. The highest BCUT2D eigenvalue weighted by atomic mass is 32.1. The first kappa shape index (κ1) is 17.6. The van der Waals surface area contributed by atoms with Crippen molar-refractivity contribution in [3.8, 4) is 0 Å². The molecule has 1 unspecified atom stereocenters. The van der Waals surface area contributed by atoms with Crippen molar-refractivity contribution < 1.29 is 0 Å². The van der Waals surface area contributed by atoms with E-state index in [1.165, 1.54) is 66.9 Å². The SMILES string of the molecule is CCCCCCCCCC(NCC)c1nc(C)c(C)s1. The number of aryl methyl sites for hydroxylation is 2. The zero-order valence-electron chi connectivity index (χ0n) is 13.8. The summed E-state index contributed by atoms with van der Waals surface area (Å²) in [6.45, 7) is 9.78. The van der Waals surface area contributed by atoms with E-state index in [0.29, 0.717) is 6.04 Å². The van der Waals surface area contributed by atoms with Crippen LogP contribution in [0.15, 0.2) is 0 Å². The van der Waals surface area contributed by atoms with Crippen molar-refractivity contribution in [3.63, 3.8) is 0 Å². The summed E-state index contributed by atoms with van der Waals surface area (Å²) in [5, 5.41) is 4.88. The predicted octanol–water partition coefficient (Wildman–Crippen LogP) is 5.55. The number of rotatable bonds is 11. The van der Waals surface area contributed by atoms with E-state index in [1.54, 1.807) is 0 Å². The Morgan fingerprint density at radius 1 is 1.00 bits per heavy atom. The molecule has 20 heavy (non-hydrogen) atoms. The number of thiazole rings is 1. The highest BCUT2D eigenvalue weighted by Gasteiger charge is 2.15. The van der Waals surface area contributed by atoms with Crippen molar-refractivity contribution in [2.45, 2.75) is 85.1 Å². The van der Waals surface area contributed by atoms with Gasteiger partial charge in [-0.2, -0.15) is 0 Å². The smallest absolute Gasteiger partial charge is 0.110 e. The summed E-state index contributed by atoms with van der Waals surface area (Å²) >= 11 is 1.86. The van der Waals surface area contributed by atoms with Crippen LogP contribution in [0.2, 0.25) is 0 Å². The molecule has 2 nitrogen and oxygen atoms in total. The van der Waals surface area contributed by atoms with E-state index in [1.807, 2.05) is 11.3 Å². The van der Waals surface area contributed by atoms with Crippen molar-refractivity contribution in [3.05, 3.63) is 15.6 Å². The Hall–Kier alpha value is -0.410. The summed E-state index contributed by atoms with van der Waals surface area (Å²) < 4.78 is 0. The van der Waals surface area contributed by atoms with E-state index in [9.17, 15) is 0 Å². The standard InChI is InChI=1S/C17H32N2S/c1-5-7-8-9-10-11-12-13-16(18-6-2)17-19-14(3)15(4)20-17/h16,18H,5-13H2,1-4H3. The van der Waals surface area contributed by atoms with Crippen LogP contribution in [0, 0.1) is 13.8 Å². The third-order valence-electron chi connectivity index (χ3n) is 3.89. The first-order valence-electron chi connectivity index (χ1n) is 8.36. The summed E-state index contributed by atoms with van der Waals surface area (Å²) in [6.07, 6.45) is 10.9. The van der Waals surface area contributed by atoms with Gasteiger partial charge in [-0.1, -0.05) is 58.8 Å². The van der Waals surface area contributed by atoms with Crippen LogP contribution >= 0.6 is 11.3 Å². The number of hydrogen-bond donors (Lipinski definition) is 1. The predicted molar refractivity (Wildman–Crippen MR) is 90.6 cm³/mol. The maximum atomic E-state index is 4.72. The van der Waals surface area contributed by atoms with Crippen molar-refractivity contribution in [2.24, 2.45) is 0 Å². The number of aromatic nitrogens is 1. The molecule has 0 spiro atoms. The van der Waals surface area contributed by atoms with Gasteiger partial charge in [0.25, 0.3) is 0 Å². The van der Waals surface area contributed by atoms with Gasteiger partial charge >= 0.3 is 0 Å². The maximum absolute atomic E-state index is 4.72. The van der Waals surface area contributed by atoms with Gasteiger partial charge in [-0.05, 0) is 26.8 Å². The largest absolute Gasteiger partial charge is 0.308 e. The maximum Gasteiger partial charge on any atom is 0.110 e. The van der Waals surface area contributed by atoms with Crippen molar-refractivity contribution in [1.29, 1.82) is 0 Å². The second kappa shape index (κ2) is 10.3. The normalized spacial score (nSPS) is 12.8. The fourth-order valence-electron chi connectivity index (χ4n) is 2.51. The van der Waals surface area contributed by atoms with Gasteiger partial charge in [0.2, 0.25) is 0 Å². The second-order valence-electron chi connectivity index (χ2n) is 5.71. The van der Waals surface area contributed by atoms with Gasteiger partial charge in [-0.25, -0.2) is 4.98 Å². The third-order valence-corrected chi connectivity index (χ3v) is 5.08. The van der Waals surface area contributed by atoms with Crippen LogP contribution in [0.3, 0.4) is 0 Å². The van der Waals surface area contributed by atoms with Gasteiger partial charge in [-0.3, -0.25) is 0 Å². The summed E-state index contributed by atoms with van der Waals surface area (Å²) in [5.74, 6) is 0. The van der Waals surface area contributed by atoms with Gasteiger partial charge in [0, 0.05) is 4.88 Å². The van der Waals surface area contributed by atoms with Gasteiger partial charge in [0.15, 0.2) is 0 Å². The molecule has 1 aromatic heterocycles. The number of nitrogens with zero attached hydrogens (tertiary/aromatic N) is 1. The minimum atomic E-state index is 0.466. The lowest BCUT2D eigenvalue weighted by molar-refractivity contribution is 0.474. The summed E-state index contributed by atoms with van der Waals surface area (Å²) in [7, 11) is 0. The fourth-order valence-corrected chi connectivity index (χ4v) is 3.54. The zero-order valence-corrected chi connectivity index (χ0v) is 14.6. The van der Waals surface area contributed by atoms with Gasteiger partial charge in [0.1, 0.15) is 5.01 Å². The average Bonchev–Trinajstić information content (AvgIpc) is 2.76. The lowest BCUT2D eigenvalue weighted by Gasteiger charge is -2.15. The third kappa shape index (κ3) is 6.36. The van der Waals surface area contributed by atoms with Gasteiger partial charge < -0.3 is 5.32 Å². The Morgan fingerprint density at radius 2 is 1.65 bits per heavy atom. The van der Waals surface area contributed by atoms with Crippen LogP contribution in [0.5, 0.6) is 0 Å². The topological polar surface area (TPSA) is 24.9 Å². The molecule has 0 aromatic carbocycles. The molecule has 0 aliphatic carbocycles. The molecule has 0 fully saturated rings. The highest BCUT2D eigenvalue weighted by molar-refractivity contribution is 7.11. The molecule has 0 aliphatic heterocycles. The molecule has 0 radical (unpaired) electrons. The number of hydrogen-bond acceptors (Lipinski definition) is 3. The summed E-state index contributed by atoms with van der Waals surface area (Å²) in [4.78, 5) is 6.09. The molecule has 1 heterocycles. The number of unbranched alkanes of at least 4 members (excludes halogenated alkanes) is 6. The van der Waals surface area contributed by atoms with Crippen LogP contribution in [0.25, 0.3) is 0 Å². The molecule has 1 aromatic rings. The Balaban J connectivity index is 2.29. The van der Waals surface area contributed by atoms with Crippen LogP contribution in [0.1, 0.15) is 86.8 Å². The van der Waals surface area contributed by atoms with Crippen molar-refractivity contribution in [1.82, 2.24) is 10.3 Å². The molecule has 1 rings (SSSR count). The van der Waals surface area contributed by atoms with E-state index in [-0.39, 0.29) is 0 Å². The van der Waals surface area contributed by atoms with E-state index in [0.717, 1.165) is 6.54 Å². The average molecular weight is 297 g/mol. The lowest BCUT2D eigenvalue weighted by atomic mass is 10.1. The minimum absolute atomic E-state index is 0.466. The second-order valence-corrected chi connectivity index (χ2v) is 6.95. The Morgan fingerprint density at radius 3 is 2.20 bits per heavy atom. The van der Waals surface area contributed by atoms with E-state index in [2.05, 4.69) is 33.0 Å². The van der Waals surface area contributed by atoms with E-state index < -0.39 is 0 Å². The molecule has 116 valence electrons. The van der Waals surface area contributed by atoms with E-state index >= 15 is 0 Å². The molecule has 0 bridgehead atoms. The van der Waals surface area contributed by atoms with Crippen LogP contribution in [-0.2, 0) is 0 Å². The Labute approximate surface area is 129 Å². The Bertz CT molecular complexity index is 340.